The summed E-state index contributed by atoms with van der Waals surface area (Å²) >= 11 is 5.87. The summed E-state index contributed by atoms with van der Waals surface area (Å²) in [5, 5.41) is 7.45. The summed E-state index contributed by atoms with van der Waals surface area (Å²) in [6.07, 6.45) is 2.91. The molecule has 3 amide bonds. The maximum absolute atomic E-state index is 14.4. The van der Waals surface area contributed by atoms with E-state index in [0.29, 0.717) is 17.5 Å². The number of pyridine rings is 1. The molecule has 1 aliphatic carbocycles. The first-order valence-corrected chi connectivity index (χ1v) is 11.3. The monoisotopic (exact) mass is 484 g/mol. The Morgan fingerprint density at radius 1 is 1.26 bits per heavy atom. The maximum Gasteiger partial charge on any atom is 0.269 e. The van der Waals surface area contributed by atoms with Gasteiger partial charge in [-0.1, -0.05) is 23.7 Å². The lowest BCUT2D eigenvalue weighted by Gasteiger charge is -2.28. The highest BCUT2D eigenvalue weighted by atomic mass is 35.5. The van der Waals surface area contributed by atoms with E-state index in [2.05, 4.69) is 15.4 Å². The number of hydrogen-bond donors (Lipinski definition) is 2. The van der Waals surface area contributed by atoms with Gasteiger partial charge in [-0.05, 0) is 43.9 Å². The molecule has 0 bridgehead atoms. The van der Waals surface area contributed by atoms with Crippen LogP contribution in [0.3, 0.4) is 0 Å². The van der Waals surface area contributed by atoms with Crippen molar-refractivity contribution in [2.45, 2.75) is 44.4 Å². The van der Waals surface area contributed by atoms with Crippen molar-refractivity contribution in [1.82, 2.24) is 25.0 Å². The van der Waals surface area contributed by atoms with Gasteiger partial charge in [-0.3, -0.25) is 14.4 Å². The van der Waals surface area contributed by atoms with E-state index in [9.17, 15) is 18.8 Å². The number of nitrogens with two attached hydrogens (primary N) is 1. The Kier molecular flexibility index (Phi) is 5.47. The van der Waals surface area contributed by atoms with Crippen LogP contribution in [-0.2, 0) is 16.1 Å². The zero-order chi connectivity index (χ0) is 24.1. The van der Waals surface area contributed by atoms with Crippen LogP contribution in [0.15, 0.2) is 36.5 Å². The molecule has 0 radical (unpaired) electrons. The molecule has 1 saturated heterocycles. The van der Waals surface area contributed by atoms with Crippen molar-refractivity contribution in [3.05, 3.63) is 58.6 Å². The molecule has 0 spiro atoms. The Balaban J connectivity index is 1.35. The Morgan fingerprint density at radius 3 is 2.82 bits per heavy atom. The number of rotatable bonds is 6. The largest absolute Gasteiger partial charge is 0.364 e. The molecule has 2 aromatic heterocycles. The van der Waals surface area contributed by atoms with Crippen LogP contribution >= 0.6 is 11.6 Å². The second kappa shape index (κ2) is 8.35. The van der Waals surface area contributed by atoms with Gasteiger partial charge in [-0.25, -0.2) is 14.1 Å². The fourth-order valence-corrected chi connectivity index (χ4v) is 4.98. The summed E-state index contributed by atoms with van der Waals surface area (Å²) < 4.78 is 15.7. The highest BCUT2D eigenvalue weighted by molar-refractivity contribution is 6.30. The number of amides is 3. The summed E-state index contributed by atoms with van der Waals surface area (Å²) in [5.74, 6) is -1.70. The first kappa shape index (κ1) is 22.3. The third-order valence-corrected chi connectivity index (χ3v) is 6.82. The Bertz CT molecular complexity index is 1330. The number of halogens is 2. The molecule has 11 heteroatoms. The molecule has 5 rings (SSSR count). The molecule has 1 aliphatic heterocycles. The fraction of sp³-hybridized carbons (Fsp3) is 0.348. The van der Waals surface area contributed by atoms with Crippen molar-refractivity contribution in [2.24, 2.45) is 11.7 Å². The number of likely N-dealkylation sites (tertiary alicyclic amines) is 1. The van der Waals surface area contributed by atoms with E-state index in [0.717, 1.165) is 6.42 Å². The van der Waals surface area contributed by atoms with Crippen LogP contribution in [0, 0.1) is 11.7 Å². The first-order chi connectivity index (χ1) is 16.3. The number of aromatic nitrogens is 3. The van der Waals surface area contributed by atoms with Gasteiger partial charge in [0.2, 0.25) is 11.8 Å². The molecule has 2 aliphatic rings. The van der Waals surface area contributed by atoms with Crippen LogP contribution in [0.2, 0.25) is 5.02 Å². The lowest BCUT2D eigenvalue weighted by Crippen LogP contribution is -2.49. The number of hydrogen-bond acceptors (Lipinski definition) is 5. The van der Waals surface area contributed by atoms with Crippen molar-refractivity contribution < 1.29 is 18.8 Å². The van der Waals surface area contributed by atoms with Gasteiger partial charge in [0.25, 0.3) is 5.91 Å². The number of piperidine rings is 1. The number of nitrogens with one attached hydrogen (secondary N) is 1. The number of carbonyl (C=O) groups is 3. The molecule has 3 N–H and O–H groups in total. The van der Waals surface area contributed by atoms with Gasteiger partial charge in [0.15, 0.2) is 11.3 Å². The minimum absolute atomic E-state index is 0.0205. The third-order valence-electron chi connectivity index (χ3n) is 6.53. The smallest absolute Gasteiger partial charge is 0.269 e. The van der Waals surface area contributed by atoms with E-state index >= 15 is 0 Å². The van der Waals surface area contributed by atoms with E-state index in [4.69, 9.17) is 17.3 Å². The van der Waals surface area contributed by atoms with Crippen LogP contribution in [0.25, 0.3) is 11.0 Å². The molecule has 176 valence electrons. The average molecular weight is 485 g/mol. The zero-order valence-corrected chi connectivity index (χ0v) is 19.0. The van der Waals surface area contributed by atoms with Crippen molar-refractivity contribution in [2.75, 3.05) is 0 Å². The summed E-state index contributed by atoms with van der Waals surface area (Å²) in [4.78, 5) is 44.0. The van der Waals surface area contributed by atoms with Crippen molar-refractivity contribution in [3.63, 3.8) is 0 Å². The van der Waals surface area contributed by atoms with Crippen molar-refractivity contribution in [3.8, 4) is 0 Å². The van der Waals surface area contributed by atoms with E-state index in [1.165, 1.54) is 16.9 Å². The molecule has 0 unspecified atom stereocenters. The molecular formula is C23H22ClFN6O3. The number of nitrogens with zero attached hydrogens (tertiary/aromatic N) is 4. The quantitative estimate of drug-likeness (QED) is 0.555. The topological polar surface area (TPSA) is 123 Å². The summed E-state index contributed by atoms with van der Waals surface area (Å²) in [5.41, 5.74) is 6.10. The van der Waals surface area contributed by atoms with E-state index < -0.39 is 23.8 Å². The van der Waals surface area contributed by atoms with E-state index in [-0.39, 0.29) is 46.6 Å². The number of carbonyl (C=O) groups excluding carboxylic acids is 3. The molecule has 34 heavy (non-hydrogen) atoms. The van der Waals surface area contributed by atoms with Gasteiger partial charge in [0.05, 0.1) is 16.5 Å². The van der Waals surface area contributed by atoms with Gasteiger partial charge in [-0.15, -0.1) is 0 Å². The highest BCUT2D eigenvalue weighted by Gasteiger charge is 2.56. The van der Waals surface area contributed by atoms with E-state index in [1.807, 2.05) is 0 Å². The molecular weight excluding hydrogens is 463 g/mol. The van der Waals surface area contributed by atoms with Crippen molar-refractivity contribution >= 4 is 40.4 Å². The molecule has 3 aromatic rings. The second-order valence-electron chi connectivity index (χ2n) is 8.73. The summed E-state index contributed by atoms with van der Waals surface area (Å²) in [6, 6.07) is 6.62. The molecule has 1 aromatic carbocycles. The first-order valence-electron chi connectivity index (χ1n) is 10.9. The number of fused-ring (bicyclic) bond motifs is 2. The minimum atomic E-state index is -0.716. The fourth-order valence-electron chi connectivity index (χ4n) is 4.80. The summed E-state index contributed by atoms with van der Waals surface area (Å²) in [7, 11) is 0. The van der Waals surface area contributed by atoms with Gasteiger partial charge in [-0.2, -0.15) is 5.10 Å². The maximum atomic E-state index is 14.4. The predicted molar refractivity (Wildman–Crippen MR) is 121 cm³/mol. The van der Waals surface area contributed by atoms with Gasteiger partial charge in [0.1, 0.15) is 18.4 Å². The van der Waals surface area contributed by atoms with Crippen LogP contribution in [0.5, 0.6) is 0 Å². The molecule has 4 atom stereocenters. The standard InChI is InChI=1S/C23H22ClFN6O3/c1-11(13-4-2-6-15(24)19(13)25)28-23(34)17-9-12-8-16(12)31(17)18(32)10-30-22-14(5-3-7-27-22)20(29-30)21(26)33/h2-7,11-12,16-17H,8-10H2,1H3,(H2,26,33)(H,28,34)/t11-,12+,16+,17-/m0/s1. The Hall–Kier alpha value is -3.53. The van der Waals surface area contributed by atoms with E-state index in [1.54, 1.807) is 36.1 Å². The number of primary amides is 1. The molecule has 1 saturated carbocycles. The van der Waals surface area contributed by atoms with Gasteiger partial charge >= 0.3 is 0 Å². The molecule has 9 nitrogen and oxygen atoms in total. The zero-order valence-electron chi connectivity index (χ0n) is 18.2. The van der Waals surface area contributed by atoms with Crippen LogP contribution in [-0.4, -0.2) is 49.5 Å². The lowest BCUT2D eigenvalue weighted by molar-refractivity contribution is -0.140. The van der Waals surface area contributed by atoms with Crippen molar-refractivity contribution in [1.29, 1.82) is 0 Å². The molecule has 3 heterocycles. The number of benzene rings is 1. The second-order valence-corrected chi connectivity index (χ2v) is 9.14. The van der Waals surface area contributed by atoms with Crippen LogP contribution in [0.1, 0.15) is 41.9 Å². The normalized spacial score (nSPS) is 21.9. The SMILES string of the molecule is C[C@H](NC(=O)[C@@H]1C[C@H]2C[C@H]2N1C(=O)Cn1nc(C(N)=O)c2cccnc21)c1cccc(Cl)c1F. The highest BCUT2D eigenvalue weighted by Crippen LogP contribution is 2.48. The predicted octanol–water partition coefficient (Wildman–Crippen LogP) is 2.19. The average Bonchev–Trinajstić information content (AvgIpc) is 3.30. The minimum Gasteiger partial charge on any atom is -0.364 e. The lowest BCUT2D eigenvalue weighted by atomic mass is 10.1. The Labute approximate surface area is 199 Å². The Morgan fingerprint density at radius 2 is 2.06 bits per heavy atom. The van der Waals surface area contributed by atoms with Crippen LogP contribution < -0.4 is 11.1 Å². The third kappa shape index (κ3) is 3.77. The summed E-state index contributed by atoms with van der Waals surface area (Å²) in [6.45, 7) is 1.48. The van der Waals surface area contributed by atoms with Crippen LogP contribution in [0.4, 0.5) is 4.39 Å². The van der Waals surface area contributed by atoms with Gasteiger partial charge in [0, 0.05) is 17.8 Å². The molecule has 2 fully saturated rings. The van der Waals surface area contributed by atoms with Gasteiger partial charge < -0.3 is 16.0 Å².